The molecule has 0 bridgehead atoms. The van der Waals surface area contributed by atoms with E-state index in [9.17, 15) is 4.79 Å². The summed E-state index contributed by atoms with van der Waals surface area (Å²) in [4.78, 5) is 12.3. The molecule has 0 aromatic heterocycles. The van der Waals surface area contributed by atoms with Gasteiger partial charge in [-0.25, -0.2) is 0 Å². The highest BCUT2D eigenvalue weighted by Gasteiger charge is 2.14. The van der Waals surface area contributed by atoms with Crippen molar-refractivity contribution in [1.82, 2.24) is 5.32 Å². The number of hydrogen-bond donors (Lipinski definition) is 1. The topological polar surface area (TPSA) is 47.6 Å². The first-order valence-electron chi connectivity index (χ1n) is 9.35. The normalized spacial score (nSPS) is 12.4. The molecule has 1 atom stereocenters. The Hall–Kier alpha value is -2.49. The van der Waals surface area contributed by atoms with Gasteiger partial charge in [-0.3, -0.25) is 4.79 Å². The number of aryl methyl sites for hydroxylation is 1. The van der Waals surface area contributed by atoms with Crippen molar-refractivity contribution in [3.05, 3.63) is 59.2 Å². The van der Waals surface area contributed by atoms with Crippen LogP contribution in [-0.2, 0) is 16.6 Å². The van der Waals surface area contributed by atoms with Crippen LogP contribution in [0.5, 0.6) is 11.5 Å². The number of carbonyl (C=O) groups is 1. The average Bonchev–Trinajstić information content (AvgIpc) is 2.65. The number of ether oxygens (including phenoxy) is 2. The van der Waals surface area contributed by atoms with E-state index in [1.807, 2.05) is 25.1 Å². The summed E-state index contributed by atoms with van der Waals surface area (Å²) in [7, 11) is 3.21. The van der Waals surface area contributed by atoms with E-state index in [-0.39, 0.29) is 17.4 Å². The van der Waals surface area contributed by atoms with Gasteiger partial charge < -0.3 is 14.8 Å². The molecule has 4 nitrogen and oxygen atoms in total. The van der Waals surface area contributed by atoms with E-state index >= 15 is 0 Å². The molecule has 0 saturated heterocycles. The van der Waals surface area contributed by atoms with E-state index in [4.69, 9.17) is 9.47 Å². The van der Waals surface area contributed by atoms with Crippen LogP contribution >= 0.6 is 0 Å². The number of hydrogen-bond acceptors (Lipinski definition) is 3. The molecule has 0 radical (unpaired) electrons. The van der Waals surface area contributed by atoms with Crippen molar-refractivity contribution >= 4 is 5.91 Å². The summed E-state index contributed by atoms with van der Waals surface area (Å²) in [6.45, 7) is 8.57. The summed E-state index contributed by atoms with van der Waals surface area (Å²) < 4.78 is 10.6. The molecule has 0 spiro atoms. The number of amides is 1. The second kappa shape index (κ2) is 8.94. The van der Waals surface area contributed by atoms with E-state index in [2.05, 4.69) is 50.4 Å². The fraction of sp³-hybridized carbons (Fsp3) is 0.435. The summed E-state index contributed by atoms with van der Waals surface area (Å²) in [5, 5.41) is 3.06. The maximum absolute atomic E-state index is 12.3. The first-order chi connectivity index (χ1) is 12.7. The number of rotatable bonds is 7. The van der Waals surface area contributed by atoms with Gasteiger partial charge >= 0.3 is 0 Å². The Balaban J connectivity index is 1.91. The monoisotopic (exact) mass is 369 g/mol. The minimum Gasteiger partial charge on any atom is -0.493 e. The Bertz CT molecular complexity index is 760. The third-order valence-corrected chi connectivity index (χ3v) is 4.75. The molecule has 0 fully saturated rings. The molecular weight excluding hydrogens is 338 g/mol. The first kappa shape index (κ1) is 20.8. The number of nitrogens with one attached hydrogen (secondary N) is 1. The van der Waals surface area contributed by atoms with Crippen LogP contribution in [0.1, 0.15) is 56.8 Å². The smallest absolute Gasteiger partial charge is 0.220 e. The van der Waals surface area contributed by atoms with Gasteiger partial charge in [0.15, 0.2) is 11.5 Å². The quantitative estimate of drug-likeness (QED) is 0.762. The summed E-state index contributed by atoms with van der Waals surface area (Å²) >= 11 is 0. The van der Waals surface area contributed by atoms with Crippen molar-refractivity contribution in [3.8, 4) is 11.5 Å². The Morgan fingerprint density at radius 1 is 1.00 bits per heavy atom. The van der Waals surface area contributed by atoms with E-state index in [0.717, 1.165) is 12.0 Å². The SMILES string of the molecule is COc1ccc([C@H](C)NC(=O)CCc2ccc(C(C)(C)C)cc2)cc1OC. The van der Waals surface area contributed by atoms with Crippen LogP contribution in [0.25, 0.3) is 0 Å². The molecule has 1 N–H and O–H groups in total. The van der Waals surface area contributed by atoms with Gasteiger partial charge in [-0.1, -0.05) is 51.1 Å². The van der Waals surface area contributed by atoms with E-state index in [0.29, 0.717) is 17.9 Å². The second-order valence-corrected chi connectivity index (χ2v) is 7.85. The first-order valence-corrected chi connectivity index (χ1v) is 9.35. The van der Waals surface area contributed by atoms with E-state index in [1.54, 1.807) is 14.2 Å². The summed E-state index contributed by atoms with van der Waals surface area (Å²) in [6, 6.07) is 14.1. The van der Waals surface area contributed by atoms with Crippen molar-refractivity contribution in [2.24, 2.45) is 0 Å². The second-order valence-electron chi connectivity index (χ2n) is 7.85. The lowest BCUT2D eigenvalue weighted by Gasteiger charge is -2.19. The fourth-order valence-electron chi connectivity index (χ4n) is 2.95. The standard InChI is InChI=1S/C23H31NO3/c1-16(18-10-13-20(26-5)21(15-18)27-6)24-22(25)14-9-17-7-11-19(12-8-17)23(2,3)4/h7-8,10-13,15-16H,9,14H2,1-6H3,(H,24,25)/t16-/m0/s1. The summed E-state index contributed by atoms with van der Waals surface area (Å²) in [5.74, 6) is 1.38. The van der Waals surface area contributed by atoms with Crippen LogP contribution in [0.15, 0.2) is 42.5 Å². The lowest BCUT2D eigenvalue weighted by molar-refractivity contribution is -0.121. The van der Waals surface area contributed by atoms with Gasteiger partial charge in [0.1, 0.15) is 0 Å². The van der Waals surface area contributed by atoms with Gasteiger partial charge in [0.2, 0.25) is 5.91 Å². The molecule has 2 rings (SSSR count). The maximum Gasteiger partial charge on any atom is 0.220 e. The lowest BCUT2D eigenvalue weighted by atomic mass is 9.86. The van der Waals surface area contributed by atoms with Gasteiger partial charge in [-0.2, -0.15) is 0 Å². The predicted molar refractivity (Wildman–Crippen MR) is 110 cm³/mol. The molecule has 1 amide bonds. The van der Waals surface area contributed by atoms with Crippen molar-refractivity contribution in [1.29, 1.82) is 0 Å². The van der Waals surface area contributed by atoms with Gasteiger partial charge in [0.05, 0.1) is 20.3 Å². The van der Waals surface area contributed by atoms with Gasteiger partial charge in [0.25, 0.3) is 0 Å². The zero-order valence-electron chi connectivity index (χ0n) is 17.3. The van der Waals surface area contributed by atoms with Crippen LogP contribution in [0, 0.1) is 0 Å². The number of benzene rings is 2. The predicted octanol–water partition coefficient (Wildman–Crippen LogP) is 4.81. The maximum atomic E-state index is 12.3. The molecule has 27 heavy (non-hydrogen) atoms. The van der Waals surface area contributed by atoms with E-state index in [1.165, 1.54) is 11.1 Å². The molecule has 2 aromatic rings. The third-order valence-electron chi connectivity index (χ3n) is 4.75. The largest absolute Gasteiger partial charge is 0.493 e. The summed E-state index contributed by atoms with van der Waals surface area (Å²) in [5.41, 5.74) is 3.61. The molecule has 0 aliphatic heterocycles. The van der Waals surface area contributed by atoms with Gasteiger partial charge in [0, 0.05) is 6.42 Å². The molecule has 0 heterocycles. The third kappa shape index (κ3) is 5.75. The zero-order chi connectivity index (χ0) is 20.0. The van der Waals surface area contributed by atoms with Gasteiger partial charge in [-0.05, 0) is 47.6 Å². The average molecular weight is 370 g/mol. The highest BCUT2D eigenvalue weighted by molar-refractivity contribution is 5.76. The minimum atomic E-state index is -0.0967. The Morgan fingerprint density at radius 3 is 2.19 bits per heavy atom. The highest BCUT2D eigenvalue weighted by atomic mass is 16.5. The lowest BCUT2D eigenvalue weighted by Crippen LogP contribution is -2.26. The minimum absolute atomic E-state index is 0.0391. The van der Waals surface area contributed by atoms with Crippen LogP contribution in [0.3, 0.4) is 0 Å². The Morgan fingerprint density at radius 2 is 1.63 bits per heavy atom. The summed E-state index contributed by atoms with van der Waals surface area (Å²) in [6.07, 6.45) is 1.20. The van der Waals surface area contributed by atoms with Crippen LogP contribution in [-0.4, -0.2) is 20.1 Å². The Labute approximate surface area is 162 Å². The molecule has 0 aliphatic rings. The van der Waals surface area contributed by atoms with Crippen molar-refractivity contribution < 1.29 is 14.3 Å². The molecule has 4 heteroatoms. The molecule has 0 aliphatic carbocycles. The van der Waals surface area contributed by atoms with Crippen LogP contribution < -0.4 is 14.8 Å². The fourth-order valence-corrected chi connectivity index (χ4v) is 2.95. The molecule has 0 unspecified atom stereocenters. The molecule has 0 saturated carbocycles. The van der Waals surface area contributed by atoms with Crippen molar-refractivity contribution in [2.75, 3.05) is 14.2 Å². The highest BCUT2D eigenvalue weighted by Crippen LogP contribution is 2.30. The molecule has 2 aromatic carbocycles. The van der Waals surface area contributed by atoms with Crippen molar-refractivity contribution in [3.63, 3.8) is 0 Å². The molecule has 146 valence electrons. The van der Waals surface area contributed by atoms with Crippen LogP contribution in [0.2, 0.25) is 0 Å². The number of methoxy groups -OCH3 is 2. The van der Waals surface area contributed by atoms with Gasteiger partial charge in [-0.15, -0.1) is 0 Å². The molecular formula is C23H31NO3. The van der Waals surface area contributed by atoms with Crippen LogP contribution in [0.4, 0.5) is 0 Å². The number of carbonyl (C=O) groups excluding carboxylic acids is 1. The zero-order valence-corrected chi connectivity index (χ0v) is 17.3. The van der Waals surface area contributed by atoms with Crippen molar-refractivity contribution in [2.45, 2.75) is 52.0 Å². The Kier molecular flexibility index (Phi) is 6.89. The van der Waals surface area contributed by atoms with E-state index < -0.39 is 0 Å².